The Balaban J connectivity index is 2.63. The number of benzene rings is 1. The Kier molecular flexibility index (Phi) is 4.38. The first kappa shape index (κ1) is 14.9. The summed E-state index contributed by atoms with van der Waals surface area (Å²) in [6.45, 7) is 0. The third-order valence-electron chi connectivity index (χ3n) is 2.60. The summed E-state index contributed by atoms with van der Waals surface area (Å²) in [5.41, 5.74) is 6.98. The lowest BCUT2D eigenvalue weighted by Gasteiger charge is -2.10. The van der Waals surface area contributed by atoms with E-state index in [2.05, 4.69) is 9.72 Å². The average molecular weight is 332 g/mol. The van der Waals surface area contributed by atoms with Gasteiger partial charge in [0.15, 0.2) is 0 Å². The lowest BCUT2D eigenvalue weighted by molar-refractivity contribution is 0.0602. The molecule has 0 aliphatic rings. The Labute approximate surface area is 130 Å². The smallest absolute Gasteiger partial charge is 0.340 e. The van der Waals surface area contributed by atoms with E-state index in [4.69, 9.17) is 40.5 Å². The van der Waals surface area contributed by atoms with Gasteiger partial charge in [0.25, 0.3) is 0 Å². The zero-order valence-electron chi connectivity index (χ0n) is 10.3. The van der Waals surface area contributed by atoms with E-state index in [9.17, 15) is 4.79 Å². The van der Waals surface area contributed by atoms with Crippen LogP contribution in [0.2, 0.25) is 15.1 Å². The van der Waals surface area contributed by atoms with E-state index in [0.29, 0.717) is 26.3 Å². The fraction of sp³-hybridized carbons (Fsp3) is 0.0769. The fourth-order valence-electron chi connectivity index (χ4n) is 1.68. The van der Waals surface area contributed by atoms with Crippen LogP contribution in [0.3, 0.4) is 0 Å². The van der Waals surface area contributed by atoms with Crippen LogP contribution in [0.5, 0.6) is 0 Å². The molecule has 0 spiro atoms. The Bertz CT molecular complexity index is 666. The molecule has 0 radical (unpaired) electrons. The number of carbonyl (C=O) groups is 1. The second-order valence-corrected chi connectivity index (χ2v) is 5.14. The van der Waals surface area contributed by atoms with E-state index in [-0.39, 0.29) is 11.3 Å². The molecule has 0 aliphatic carbocycles. The molecule has 1 aromatic carbocycles. The standard InChI is InChI=1S/C13H9Cl3N2O2/c1-20-13(19)7-4-11(18-5-10(7)17)12-8(15)2-6(14)3-9(12)16/h2-5H,17H2,1H3. The average Bonchev–Trinajstić information content (AvgIpc) is 2.38. The molecule has 2 rings (SSSR count). The molecule has 0 unspecified atom stereocenters. The highest BCUT2D eigenvalue weighted by atomic mass is 35.5. The fourth-order valence-corrected chi connectivity index (χ4v) is 2.69. The van der Waals surface area contributed by atoms with Gasteiger partial charge in [-0.25, -0.2) is 4.79 Å². The zero-order chi connectivity index (χ0) is 14.9. The summed E-state index contributed by atoms with van der Waals surface area (Å²) in [7, 11) is 1.27. The van der Waals surface area contributed by atoms with E-state index in [0.717, 1.165) is 0 Å². The van der Waals surface area contributed by atoms with E-state index < -0.39 is 5.97 Å². The number of anilines is 1. The molecule has 0 fully saturated rings. The number of hydrogen-bond donors (Lipinski definition) is 1. The number of aromatic nitrogens is 1. The SMILES string of the molecule is COC(=O)c1cc(-c2c(Cl)cc(Cl)cc2Cl)ncc1N. The van der Waals surface area contributed by atoms with Crippen LogP contribution in [0.15, 0.2) is 24.4 Å². The molecule has 0 saturated carbocycles. The molecule has 20 heavy (non-hydrogen) atoms. The summed E-state index contributed by atoms with van der Waals surface area (Å²) in [4.78, 5) is 15.8. The molecule has 0 aliphatic heterocycles. The van der Waals surface area contributed by atoms with Gasteiger partial charge in [-0.2, -0.15) is 0 Å². The molecule has 0 atom stereocenters. The van der Waals surface area contributed by atoms with Crippen molar-refractivity contribution in [2.45, 2.75) is 0 Å². The minimum absolute atomic E-state index is 0.194. The molecule has 2 aromatic rings. The minimum atomic E-state index is -0.563. The molecule has 0 amide bonds. The Morgan fingerprint density at radius 1 is 1.20 bits per heavy atom. The summed E-state index contributed by atoms with van der Waals surface area (Å²) < 4.78 is 4.65. The van der Waals surface area contributed by atoms with Gasteiger partial charge in [0, 0.05) is 10.6 Å². The highest BCUT2D eigenvalue weighted by Gasteiger charge is 2.16. The van der Waals surface area contributed by atoms with Gasteiger partial charge in [-0.1, -0.05) is 34.8 Å². The maximum Gasteiger partial charge on any atom is 0.340 e. The molecular weight excluding hydrogens is 323 g/mol. The van der Waals surface area contributed by atoms with Crippen molar-refractivity contribution in [1.29, 1.82) is 0 Å². The predicted octanol–water partition coefficient (Wildman–Crippen LogP) is 4.08. The summed E-state index contributed by atoms with van der Waals surface area (Å²) in [6, 6.07) is 4.56. The lowest BCUT2D eigenvalue weighted by Crippen LogP contribution is -2.06. The first-order valence-electron chi connectivity index (χ1n) is 5.42. The van der Waals surface area contributed by atoms with Gasteiger partial charge in [0.2, 0.25) is 0 Å². The number of pyridine rings is 1. The van der Waals surface area contributed by atoms with Crippen molar-refractivity contribution < 1.29 is 9.53 Å². The van der Waals surface area contributed by atoms with Crippen molar-refractivity contribution in [3.63, 3.8) is 0 Å². The van der Waals surface area contributed by atoms with Crippen molar-refractivity contribution in [2.24, 2.45) is 0 Å². The first-order valence-corrected chi connectivity index (χ1v) is 6.56. The van der Waals surface area contributed by atoms with E-state index in [1.54, 1.807) is 12.1 Å². The van der Waals surface area contributed by atoms with Crippen molar-refractivity contribution in [1.82, 2.24) is 4.98 Å². The number of nitrogen functional groups attached to an aromatic ring is 1. The molecule has 0 saturated heterocycles. The second-order valence-electron chi connectivity index (χ2n) is 3.89. The predicted molar refractivity (Wildman–Crippen MR) is 80.5 cm³/mol. The van der Waals surface area contributed by atoms with Crippen LogP contribution in [0, 0.1) is 0 Å². The molecule has 7 heteroatoms. The molecule has 0 bridgehead atoms. The quantitative estimate of drug-likeness (QED) is 0.842. The van der Waals surface area contributed by atoms with Gasteiger partial charge < -0.3 is 10.5 Å². The number of nitrogens with zero attached hydrogens (tertiary/aromatic N) is 1. The van der Waals surface area contributed by atoms with Crippen LogP contribution in [0.4, 0.5) is 5.69 Å². The number of methoxy groups -OCH3 is 1. The Morgan fingerprint density at radius 2 is 1.80 bits per heavy atom. The lowest BCUT2D eigenvalue weighted by atomic mass is 10.1. The third kappa shape index (κ3) is 2.82. The number of nitrogens with two attached hydrogens (primary N) is 1. The van der Waals surface area contributed by atoms with Crippen molar-refractivity contribution in [3.8, 4) is 11.3 Å². The molecule has 4 nitrogen and oxygen atoms in total. The van der Waals surface area contributed by atoms with Gasteiger partial charge in [-0.15, -0.1) is 0 Å². The molecule has 2 N–H and O–H groups in total. The second kappa shape index (κ2) is 5.87. The summed E-state index contributed by atoms with van der Waals surface area (Å²) in [5.74, 6) is -0.563. The number of halogens is 3. The molecule has 1 aromatic heterocycles. The van der Waals surface area contributed by atoms with E-state index in [1.165, 1.54) is 19.4 Å². The normalized spacial score (nSPS) is 10.4. The van der Waals surface area contributed by atoms with Gasteiger partial charge >= 0.3 is 5.97 Å². The number of rotatable bonds is 2. The molecular formula is C13H9Cl3N2O2. The van der Waals surface area contributed by atoms with Gasteiger partial charge in [0.05, 0.1) is 40.3 Å². The summed E-state index contributed by atoms with van der Waals surface area (Å²) >= 11 is 18.1. The highest BCUT2D eigenvalue weighted by Crippen LogP contribution is 2.37. The van der Waals surface area contributed by atoms with Gasteiger partial charge in [-0.05, 0) is 18.2 Å². The van der Waals surface area contributed by atoms with Crippen LogP contribution in [0.1, 0.15) is 10.4 Å². The first-order chi connectivity index (χ1) is 9.43. The topological polar surface area (TPSA) is 65.2 Å². The van der Waals surface area contributed by atoms with Gasteiger partial charge in [-0.3, -0.25) is 4.98 Å². The van der Waals surface area contributed by atoms with Crippen molar-refractivity contribution in [3.05, 3.63) is 45.0 Å². The summed E-state index contributed by atoms with van der Waals surface area (Å²) in [5, 5.41) is 1.07. The summed E-state index contributed by atoms with van der Waals surface area (Å²) in [6.07, 6.45) is 1.35. The third-order valence-corrected chi connectivity index (χ3v) is 3.42. The van der Waals surface area contributed by atoms with E-state index >= 15 is 0 Å². The Morgan fingerprint density at radius 3 is 2.35 bits per heavy atom. The van der Waals surface area contributed by atoms with Crippen LogP contribution < -0.4 is 5.73 Å². The zero-order valence-corrected chi connectivity index (χ0v) is 12.6. The highest BCUT2D eigenvalue weighted by molar-refractivity contribution is 6.41. The largest absolute Gasteiger partial charge is 0.465 e. The number of carbonyl (C=O) groups excluding carboxylic acids is 1. The number of hydrogen-bond acceptors (Lipinski definition) is 4. The van der Waals surface area contributed by atoms with Crippen LogP contribution in [0.25, 0.3) is 11.3 Å². The maximum absolute atomic E-state index is 11.6. The van der Waals surface area contributed by atoms with Crippen LogP contribution in [-0.2, 0) is 4.74 Å². The number of ether oxygens (including phenoxy) is 1. The minimum Gasteiger partial charge on any atom is -0.465 e. The van der Waals surface area contributed by atoms with Crippen molar-refractivity contribution in [2.75, 3.05) is 12.8 Å². The van der Waals surface area contributed by atoms with Crippen LogP contribution in [-0.4, -0.2) is 18.1 Å². The molecule has 104 valence electrons. The maximum atomic E-state index is 11.6. The number of esters is 1. The molecule has 1 heterocycles. The van der Waals surface area contributed by atoms with E-state index in [1.807, 2.05) is 0 Å². The van der Waals surface area contributed by atoms with Gasteiger partial charge in [0.1, 0.15) is 0 Å². The monoisotopic (exact) mass is 330 g/mol. The van der Waals surface area contributed by atoms with Crippen molar-refractivity contribution >= 4 is 46.5 Å². The Hall–Kier alpha value is -1.49. The van der Waals surface area contributed by atoms with Crippen LogP contribution >= 0.6 is 34.8 Å².